The van der Waals surface area contributed by atoms with Crippen molar-refractivity contribution in [2.45, 2.75) is 6.92 Å². The lowest BCUT2D eigenvalue weighted by Crippen LogP contribution is -2.11. The van der Waals surface area contributed by atoms with Crippen LogP contribution in [0, 0.1) is 6.92 Å². The maximum Gasteiger partial charge on any atom is 0.267 e. The van der Waals surface area contributed by atoms with Gasteiger partial charge in [0.1, 0.15) is 9.88 Å². The van der Waals surface area contributed by atoms with Crippen molar-refractivity contribution in [1.29, 1.82) is 0 Å². The van der Waals surface area contributed by atoms with Gasteiger partial charge in [-0.25, -0.2) is 4.98 Å². The van der Waals surface area contributed by atoms with Crippen molar-refractivity contribution in [2.75, 3.05) is 5.32 Å². The molecular weight excluding hydrogens is 316 g/mol. The van der Waals surface area contributed by atoms with Crippen LogP contribution in [-0.4, -0.2) is 10.9 Å². The summed E-state index contributed by atoms with van der Waals surface area (Å²) in [5, 5.41) is 4.34. The molecule has 3 rings (SSSR count). The highest BCUT2D eigenvalue weighted by Gasteiger charge is 2.13. The number of rotatable bonds is 3. The second-order valence-electron chi connectivity index (χ2n) is 4.76. The lowest BCUT2D eigenvalue weighted by atomic mass is 10.2. The smallest absolute Gasteiger partial charge is 0.267 e. The number of aromatic nitrogens is 1. The molecule has 0 radical (unpaired) electrons. The van der Waals surface area contributed by atoms with Crippen LogP contribution in [-0.2, 0) is 0 Å². The van der Waals surface area contributed by atoms with Crippen molar-refractivity contribution in [1.82, 2.24) is 4.98 Å². The number of carbonyl (C=O) groups is 1. The summed E-state index contributed by atoms with van der Waals surface area (Å²) in [6.07, 6.45) is 1.60. The summed E-state index contributed by atoms with van der Waals surface area (Å²) in [6.45, 7) is 1.88. The molecule has 1 heterocycles. The Balaban J connectivity index is 1.82. The highest BCUT2D eigenvalue weighted by molar-refractivity contribution is 7.17. The first-order chi connectivity index (χ1) is 10.6. The third-order valence-electron chi connectivity index (χ3n) is 3.27. The first-order valence-corrected chi connectivity index (χ1v) is 7.92. The number of anilines is 1. The number of hydrogen-bond donors (Lipinski definition) is 1. The Hall–Kier alpha value is -2.17. The second-order valence-corrected chi connectivity index (χ2v) is 6.20. The summed E-state index contributed by atoms with van der Waals surface area (Å²) in [7, 11) is 0. The molecular formula is C17H13ClN2OS. The maximum absolute atomic E-state index is 12.3. The van der Waals surface area contributed by atoms with Crippen molar-refractivity contribution in [2.24, 2.45) is 0 Å². The highest BCUT2D eigenvalue weighted by atomic mass is 35.5. The third-order valence-corrected chi connectivity index (χ3v) is 4.72. The number of thiazole rings is 1. The van der Waals surface area contributed by atoms with Gasteiger partial charge in [-0.1, -0.05) is 48.0 Å². The summed E-state index contributed by atoms with van der Waals surface area (Å²) in [5.74, 6) is -0.176. The van der Waals surface area contributed by atoms with Crippen molar-refractivity contribution < 1.29 is 4.79 Å². The number of amides is 1. The van der Waals surface area contributed by atoms with E-state index in [1.807, 2.05) is 49.4 Å². The van der Waals surface area contributed by atoms with E-state index < -0.39 is 0 Å². The molecule has 0 spiro atoms. The summed E-state index contributed by atoms with van der Waals surface area (Å²) >= 11 is 7.43. The van der Waals surface area contributed by atoms with Gasteiger partial charge in [0.15, 0.2) is 0 Å². The van der Waals surface area contributed by atoms with Gasteiger partial charge in [0.05, 0.1) is 6.20 Å². The van der Waals surface area contributed by atoms with Gasteiger partial charge in [-0.15, -0.1) is 11.3 Å². The Bertz CT molecular complexity index is 815. The number of nitrogens with zero attached hydrogens (tertiary/aromatic N) is 1. The molecule has 0 atom stereocenters. The van der Waals surface area contributed by atoms with Crippen LogP contribution in [0.2, 0.25) is 5.02 Å². The highest BCUT2D eigenvalue weighted by Crippen LogP contribution is 2.27. The van der Waals surface area contributed by atoms with Gasteiger partial charge < -0.3 is 5.32 Å². The molecule has 0 fully saturated rings. The zero-order valence-corrected chi connectivity index (χ0v) is 13.4. The monoisotopic (exact) mass is 328 g/mol. The average molecular weight is 329 g/mol. The minimum Gasteiger partial charge on any atom is -0.321 e. The lowest BCUT2D eigenvalue weighted by molar-refractivity contribution is 0.103. The van der Waals surface area contributed by atoms with E-state index in [4.69, 9.17) is 11.6 Å². The van der Waals surface area contributed by atoms with Crippen LogP contribution in [0.5, 0.6) is 0 Å². The van der Waals surface area contributed by atoms with E-state index in [0.29, 0.717) is 15.6 Å². The molecule has 22 heavy (non-hydrogen) atoms. The summed E-state index contributed by atoms with van der Waals surface area (Å²) in [4.78, 5) is 17.2. The molecule has 1 N–H and O–H groups in total. The zero-order valence-electron chi connectivity index (χ0n) is 11.8. The van der Waals surface area contributed by atoms with Gasteiger partial charge in [0.2, 0.25) is 0 Å². The van der Waals surface area contributed by atoms with Crippen LogP contribution >= 0.6 is 22.9 Å². The molecule has 0 aliphatic carbocycles. The first-order valence-electron chi connectivity index (χ1n) is 6.73. The van der Waals surface area contributed by atoms with E-state index in [1.54, 1.807) is 12.3 Å². The van der Waals surface area contributed by atoms with Crippen LogP contribution in [0.1, 0.15) is 15.2 Å². The molecule has 0 aliphatic heterocycles. The molecule has 0 saturated heterocycles. The fourth-order valence-corrected chi connectivity index (χ4v) is 3.01. The standard InChI is InChI=1S/C17H13ClN2OS/c1-11-13(18)8-5-9-14(11)20-16(21)15-10-19-17(22-15)12-6-3-2-4-7-12/h2-10H,1H3,(H,20,21). The van der Waals surface area contributed by atoms with Crippen molar-refractivity contribution >= 4 is 34.5 Å². The summed E-state index contributed by atoms with van der Waals surface area (Å²) < 4.78 is 0. The average Bonchev–Trinajstić information content (AvgIpc) is 3.03. The number of benzene rings is 2. The number of hydrogen-bond acceptors (Lipinski definition) is 3. The first kappa shape index (κ1) is 14.8. The predicted molar refractivity (Wildman–Crippen MR) is 91.7 cm³/mol. The van der Waals surface area contributed by atoms with Crippen LogP contribution in [0.4, 0.5) is 5.69 Å². The van der Waals surface area contributed by atoms with E-state index in [-0.39, 0.29) is 5.91 Å². The van der Waals surface area contributed by atoms with Crippen LogP contribution in [0.15, 0.2) is 54.7 Å². The summed E-state index contributed by atoms with van der Waals surface area (Å²) in [5.41, 5.74) is 2.57. The topological polar surface area (TPSA) is 42.0 Å². The predicted octanol–water partition coefficient (Wildman–Crippen LogP) is 5.02. The number of halogens is 1. The van der Waals surface area contributed by atoms with Crippen LogP contribution in [0.3, 0.4) is 0 Å². The normalized spacial score (nSPS) is 10.5. The van der Waals surface area contributed by atoms with E-state index in [2.05, 4.69) is 10.3 Å². The van der Waals surface area contributed by atoms with Gasteiger partial charge >= 0.3 is 0 Å². The molecule has 1 aromatic heterocycles. The van der Waals surface area contributed by atoms with Crippen molar-refractivity contribution in [3.8, 4) is 10.6 Å². The van der Waals surface area contributed by atoms with Crippen molar-refractivity contribution in [3.05, 3.63) is 70.2 Å². The van der Waals surface area contributed by atoms with Gasteiger partial charge in [-0.3, -0.25) is 4.79 Å². The maximum atomic E-state index is 12.3. The Morgan fingerprint density at radius 1 is 1.14 bits per heavy atom. The molecule has 5 heteroatoms. The van der Waals surface area contributed by atoms with E-state index >= 15 is 0 Å². The Labute approximate surface area is 137 Å². The van der Waals surface area contributed by atoms with Gasteiger partial charge in [0, 0.05) is 16.3 Å². The lowest BCUT2D eigenvalue weighted by Gasteiger charge is -2.08. The molecule has 1 amide bonds. The minimum absolute atomic E-state index is 0.176. The van der Waals surface area contributed by atoms with Crippen LogP contribution in [0.25, 0.3) is 10.6 Å². The molecule has 3 aromatic rings. The van der Waals surface area contributed by atoms with E-state index in [9.17, 15) is 4.79 Å². The second kappa shape index (κ2) is 6.30. The SMILES string of the molecule is Cc1c(Cl)cccc1NC(=O)c1cnc(-c2ccccc2)s1. The van der Waals surface area contributed by atoms with Crippen LogP contribution < -0.4 is 5.32 Å². The van der Waals surface area contributed by atoms with E-state index in [1.165, 1.54) is 11.3 Å². The molecule has 3 nitrogen and oxygen atoms in total. The molecule has 0 unspecified atom stereocenters. The minimum atomic E-state index is -0.176. The Morgan fingerprint density at radius 3 is 2.68 bits per heavy atom. The third kappa shape index (κ3) is 3.03. The fraction of sp³-hybridized carbons (Fsp3) is 0.0588. The molecule has 110 valence electrons. The quantitative estimate of drug-likeness (QED) is 0.733. The number of nitrogens with one attached hydrogen (secondary N) is 1. The molecule has 0 saturated carbocycles. The largest absolute Gasteiger partial charge is 0.321 e. The fourth-order valence-electron chi connectivity index (χ4n) is 2.02. The Kier molecular flexibility index (Phi) is 4.22. The molecule has 2 aromatic carbocycles. The summed E-state index contributed by atoms with van der Waals surface area (Å²) in [6, 6.07) is 15.2. The number of carbonyl (C=O) groups excluding carboxylic acids is 1. The van der Waals surface area contributed by atoms with Crippen molar-refractivity contribution in [3.63, 3.8) is 0 Å². The molecule has 0 aliphatic rings. The molecule has 0 bridgehead atoms. The van der Waals surface area contributed by atoms with E-state index in [0.717, 1.165) is 16.1 Å². The van der Waals surface area contributed by atoms with Gasteiger partial charge in [-0.2, -0.15) is 0 Å². The zero-order chi connectivity index (χ0) is 15.5. The Morgan fingerprint density at radius 2 is 1.91 bits per heavy atom. The van der Waals surface area contributed by atoms with Gasteiger partial charge in [-0.05, 0) is 24.6 Å². The van der Waals surface area contributed by atoms with Gasteiger partial charge in [0.25, 0.3) is 5.91 Å².